The number of rotatable bonds is 6. The monoisotopic (exact) mass is 327 g/mol. The Labute approximate surface area is 131 Å². The lowest BCUT2D eigenvalue weighted by atomic mass is 10.1. The van der Waals surface area contributed by atoms with Crippen LogP contribution in [0.2, 0.25) is 5.02 Å². The SMILES string of the molecule is Cn1ccnc1SCCNC(=O)Cc1ccc(F)cc1Cl. The van der Waals surface area contributed by atoms with Crippen LogP contribution in [0.1, 0.15) is 5.56 Å². The van der Waals surface area contributed by atoms with Gasteiger partial charge in [0.25, 0.3) is 0 Å². The first kappa shape index (κ1) is 15.9. The van der Waals surface area contributed by atoms with Crippen molar-refractivity contribution >= 4 is 29.3 Å². The first-order valence-electron chi connectivity index (χ1n) is 6.37. The second-order valence-electron chi connectivity index (χ2n) is 4.43. The molecule has 1 aromatic carbocycles. The number of aromatic nitrogens is 2. The molecule has 0 radical (unpaired) electrons. The van der Waals surface area contributed by atoms with Gasteiger partial charge >= 0.3 is 0 Å². The molecule has 1 aromatic heterocycles. The number of thioether (sulfide) groups is 1. The maximum atomic E-state index is 12.9. The number of carbonyl (C=O) groups is 1. The molecule has 2 aromatic rings. The van der Waals surface area contributed by atoms with E-state index in [0.29, 0.717) is 12.1 Å². The predicted molar refractivity (Wildman–Crippen MR) is 82.1 cm³/mol. The number of benzene rings is 1. The molecule has 0 unspecified atom stereocenters. The van der Waals surface area contributed by atoms with Crippen LogP contribution >= 0.6 is 23.4 Å². The molecule has 0 saturated carbocycles. The zero-order valence-electron chi connectivity index (χ0n) is 11.5. The highest BCUT2D eigenvalue weighted by Crippen LogP contribution is 2.17. The molecule has 0 aliphatic rings. The molecule has 0 spiro atoms. The van der Waals surface area contributed by atoms with Gasteiger partial charge in [0.1, 0.15) is 5.82 Å². The van der Waals surface area contributed by atoms with Gasteiger partial charge in [-0.25, -0.2) is 9.37 Å². The van der Waals surface area contributed by atoms with Crippen molar-refractivity contribution in [1.29, 1.82) is 0 Å². The van der Waals surface area contributed by atoms with Crippen LogP contribution in [0.15, 0.2) is 35.7 Å². The van der Waals surface area contributed by atoms with E-state index < -0.39 is 5.82 Å². The van der Waals surface area contributed by atoms with Crippen molar-refractivity contribution in [2.45, 2.75) is 11.6 Å². The maximum absolute atomic E-state index is 12.9. The summed E-state index contributed by atoms with van der Waals surface area (Å²) in [6.45, 7) is 0.537. The minimum Gasteiger partial charge on any atom is -0.355 e. The van der Waals surface area contributed by atoms with Gasteiger partial charge in [-0.2, -0.15) is 0 Å². The fraction of sp³-hybridized carbons (Fsp3) is 0.286. The van der Waals surface area contributed by atoms with Gasteiger partial charge in [-0.05, 0) is 17.7 Å². The summed E-state index contributed by atoms with van der Waals surface area (Å²) in [5.41, 5.74) is 0.618. The number of amides is 1. The van der Waals surface area contributed by atoms with Gasteiger partial charge in [0.05, 0.1) is 6.42 Å². The van der Waals surface area contributed by atoms with Gasteiger partial charge in [-0.3, -0.25) is 4.79 Å². The van der Waals surface area contributed by atoms with Gasteiger partial charge in [0.2, 0.25) is 5.91 Å². The van der Waals surface area contributed by atoms with E-state index in [9.17, 15) is 9.18 Å². The van der Waals surface area contributed by atoms with Gasteiger partial charge in [-0.1, -0.05) is 29.4 Å². The molecular weight excluding hydrogens is 313 g/mol. The Bertz CT molecular complexity index is 632. The standard InChI is InChI=1S/C14H15ClFN3OS/c1-19-6-4-18-14(19)21-7-5-17-13(20)8-10-2-3-11(16)9-12(10)15/h2-4,6,9H,5,7-8H2,1H3,(H,17,20). The average molecular weight is 328 g/mol. The quantitative estimate of drug-likeness (QED) is 0.655. The molecule has 1 heterocycles. The molecule has 0 aliphatic carbocycles. The Balaban J connectivity index is 1.73. The van der Waals surface area contributed by atoms with E-state index in [-0.39, 0.29) is 17.4 Å². The summed E-state index contributed by atoms with van der Waals surface area (Å²) < 4.78 is 14.8. The van der Waals surface area contributed by atoms with Crippen molar-refractivity contribution in [2.75, 3.05) is 12.3 Å². The third kappa shape index (κ3) is 4.75. The van der Waals surface area contributed by atoms with E-state index in [1.165, 1.54) is 18.2 Å². The minimum atomic E-state index is -0.407. The highest BCUT2D eigenvalue weighted by Gasteiger charge is 2.08. The van der Waals surface area contributed by atoms with Crippen LogP contribution in [0.4, 0.5) is 4.39 Å². The van der Waals surface area contributed by atoms with E-state index in [2.05, 4.69) is 10.3 Å². The second kappa shape index (κ2) is 7.47. The summed E-state index contributed by atoms with van der Waals surface area (Å²) in [4.78, 5) is 16.0. The minimum absolute atomic E-state index is 0.135. The lowest BCUT2D eigenvalue weighted by molar-refractivity contribution is -0.120. The lowest BCUT2D eigenvalue weighted by Gasteiger charge is -2.06. The second-order valence-corrected chi connectivity index (χ2v) is 5.90. The summed E-state index contributed by atoms with van der Waals surface area (Å²) in [5, 5.41) is 3.98. The van der Waals surface area contributed by atoms with E-state index in [1.807, 2.05) is 17.8 Å². The number of hydrogen-bond donors (Lipinski definition) is 1. The Morgan fingerprint density at radius 1 is 1.52 bits per heavy atom. The number of nitrogens with one attached hydrogen (secondary N) is 1. The van der Waals surface area contributed by atoms with E-state index in [0.717, 1.165) is 10.9 Å². The Hall–Kier alpha value is -1.53. The maximum Gasteiger partial charge on any atom is 0.224 e. The van der Waals surface area contributed by atoms with Crippen LogP contribution in [0.5, 0.6) is 0 Å². The third-order valence-corrected chi connectivity index (χ3v) is 4.21. The number of hydrogen-bond acceptors (Lipinski definition) is 3. The molecule has 21 heavy (non-hydrogen) atoms. The van der Waals surface area contributed by atoms with Crippen molar-refractivity contribution in [1.82, 2.24) is 14.9 Å². The molecule has 1 amide bonds. The number of imidazole rings is 1. The molecule has 0 saturated heterocycles. The van der Waals surface area contributed by atoms with Crippen LogP contribution in [0.25, 0.3) is 0 Å². The van der Waals surface area contributed by atoms with Gasteiger partial charge < -0.3 is 9.88 Å². The van der Waals surface area contributed by atoms with Gasteiger partial charge in [0.15, 0.2) is 5.16 Å². The molecule has 0 bridgehead atoms. The molecule has 4 nitrogen and oxygen atoms in total. The van der Waals surface area contributed by atoms with E-state index >= 15 is 0 Å². The molecule has 0 atom stereocenters. The summed E-state index contributed by atoms with van der Waals surface area (Å²) >= 11 is 7.45. The third-order valence-electron chi connectivity index (χ3n) is 2.80. The molecule has 7 heteroatoms. The Kier molecular flexibility index (Phi) is 5.64. The average Bonchev–Trinajstić information content (AvgIpc) is 2.84. The van der Waals surface area contributed by atoms with Crippen LogP contribution < -0.4 is 5.32 Å². The number of carbonyl (C=O) groups excluding carboxylic acids is 1. The molecule has 0 aliphatic heterocycles. The predicted octanol–water partition coefficient (Wildman–Crippen LogP) is 2.66. The molecule has 0 fully saturated rings. The summed E-state index contributed by atoms with van der Waals surface area (Å²) in [6, 6.07) is 4.03. The summed E-state index contributed by atoms with van der Waals surface area (Å²) in [6.07, 6.45) is 3.75. The summed E-state index contributed by atoms with van der Waals surface area (Å²) in [7, 11) is 1.92. The molecule has 2 rings (SSSR count). The lowest BCUT2D eigenvalue weighted by Crippen LogP contribution is -2.27. The highest BCUT2D eigenvalue weighted by atomic mass is 35.5. The fourth-order valence-corrected chi connectivity index (χ4v) is 2.74. The Morgan fingerprint density at radius 3 is 3.00 bits per heavy atom. The van der Waals surface area contributed by atoms with Crippen molar-refractivity contribution < 1.29 is 9.18 Å². The van der Waals surface area contributed by atoms with Crippen LogP contribution in [-0.2, 0) is 18.3 Å². The highest BCUT2D eigenvalue weighted by molar-refractivity contribution is 7.99. The van der Waals surface area contributed by atoms with Crippen molar-refractivity contribution in [3.8, 4) is 0 Å². The van der Waals surface area contributed by atoms with Gasteiger partial charge in [0, 0.05) is 36.8 Å². The van der Waals surface area contributed by atoms with Crippen molar-refractivity contribution in [3.63, 3.8) is 0 Å². The number of aryl methyl sites for hydroxylation is 1. The van der Waals surface area contributed by atoms with E-state index in [4.69, 9.17) is 11.6 Å². The molecule has 1 N–H and O–H groups in total. The first-order chi connectivity index (χ1) is 10.1. The normalized spacial score (nSPS) is 10.6. The first-order valence-corrected chi connectivity index (χ1v) is 7.73. The van der Waals surface area contributed by atoms with Crippen LogP contribution in [0.3, 0.4) is 0 Å². The largest absolute Gasteiger partial charge is 0.355 e. The zero-order chi connectivity index (χ0) is 15.2. The van der Waals surface area contributed by atoms with Crippen LogP contribution in [-0.4, -0.2) is 27.8 Å². The van der Waals surface area contributed by atoms with Gasteiger partial charge in [-0.15, -0.1) is 0 Å². The topological polar surface area (TPSA) is 46.9 Å². The fourth-order valence-electron chi connectivity index (χ4n) is 1.72. The van der Waals surface area contributed by atoms with Crippen molar-refractivity contribution in [3.05, 3.63) is 47.0 Å². The smallest absolute Gasteiger partial charge is 0.224 e. The zero-order valence-corrected chi connectivity index (χ0v) is 13.0. The molecular formula is C14H15ClFN3OS. The van der Waals surface area contributed by atoms with Crippen LogP contribution in [0, 0.1) is 5.82 Å². The van der Waals surface area contributed by atoms with Crippen molar-refractivity contribution in [2.24, 2.45) is 7.05 Å². The van der Waals surface area contributed by atoms with E-state index in [1.54, 1.807) is 18.0 Å². The molecule has 112 valence electrons. The Morgan fingerprint density at radius 2 is 2.33 bits per heavy atom. The summed E-state index contributed by atoms with van der Waals surface area (Å²) in [5.74, 6) is 0.188. The number of nitrogens with zero attached hydrogens (tertiary/aromatic N) is 2. The number of halogens is 2.